The molecule has 11 heteroatoms. The first kappa shape index (κ1) is 26.4. The van der Waals surface area contributed by atoms with E-state index in [1.165, 1.54) is 0 Å². The second-order valence-corrected chi connectivity index (χ2v) is 6.88. The van der Waals surface area contributed by atoms with E-state index >= 15 is 0 Å². The molecule has 1 aromatic carbocycles. The normalized spacial score (nSPS) is 14.6. The Morgan fingerprint density at radius 2 is 1.93 bits per heavy atom. The number of aliphatic carboxylic acids is 1. The Labute approximate surface area is 186 Å². The van der Waals surface area contributed by atoms with Gasteiger partial charge in [0.1, 0.15) is 0 Å². The van der Waals surface area contributed by atoms with Crippen LogP contribution < -0.4 is 11.2 Å². The molecule has 7 nitrogen and oxygen atoms in total. The first-order valence-corrected chi connectivity index (χ1v) is 9.02. The molecule has 1 aliphatic heterocycles. The van der Waals surface area contributed by atoms with E-state index in [2.05, 4.69) is 15.4 Å². The van der Waals surface area contributed by atoms with Crippen LogP contribution in [0.5, 0.6) is 0 Å². The fourth-order valence-corrected chi connectivity index (χ4v) is 3.70. The maximum absolute atomic E-state index is 10.8. The minimum Gasteiger partial charge on any atom is -0.480 e. The van der Waals surface area contributed by atoms with Crippen LogP contribution in [0.1, 0.15) is 18.4 Å². The zero-order chi connectivity index (χ0) is 17.6. The quantitative estimate of drug-likeness (QED) is 0.341. The van der Waals surface area contributed by atoms with Crippen LogP contribution in [0, 0.1) is 0 Å². The molecular weight excluding hydrogens is 445 g/mol. The second-order valence-electron chi connectivity index (χ2n) is 6.03. The molecule has 28 heavy (non-hydrogen) atoms. The molecule has 2 aromatic rings. The molecule has 0 spiro atoms. The van der Waals surface area contributed by atoms with Gasteiger partial charge in [0, 0.05) is 30.1 Å². The predicted molar refractivity (Wildman–Crippen MR) is 122 cm³/mol. The van der Waals surface area contributed by atoms with Gasteiger partial charge in [0.15, 0.2) is 5.13 Å². The van der Waals surface area contributed by atoms with E-state index in [4.69, 9.17) is 10.9 Å². The van der Waals surface area contributed by atoms with Gasteiger partial charge in [0.05, 0.1) is 18.5 Å². The van der Waals surface area contributed by atoms with Crippen molar-refractivity contribution in [2.45, 2.75) is 18.9 Å². The first-order chi connectivity index (χ1) is 12.1. The van der Waals surface area contributed by atoms with Crippen molar-refractivity contribution in [2.75, 3.05) is 25.0 Å². The number of hydrogen-bond donors (Lipinski definition) is 3. The molecule has 1 aliphatic rings. The zero-order valence-electron chi connectivity index (χ0n) is 15.0. The summed E-state index contributed by atoms with van der Waals surface area (Å²) < 4.78 is 0. The Bertz CT molecular complexity index is 750. The molecule has 2 heterocycles. The number of anilines is 1. The number of rotatable bonds is 6. The largest absolute Gasteiger partial charge is 0.480 e. The molecule has 1 aromatic heterocycles. The molecule has 0 bridgehead atoms. The van der Waals surface area contributed by atoms with Gasteiger partial charge in [-0.3, -0.25) is 9.69 Å². The van der Waals surface area contributed by atoms with Gasteiger partial charge >= 0.3 is 5.97 Å². The van der Waals surface area contributed by atoms with Crippen LogP contribution >= 0.6 is 48.6 Å². The number of carboxylic acids is 1. The molecule has 0 aliphatic carbocycles. The highest BCUT2D eigenvalue weighted by Gasteiger charge is 2.21. The fraction of sp³-hybridized carbons (Fsp3) is 0.353. The number of nitrogens with one attached hydrogen (secondary N) is 1. The van der Waals surface area contributed by atoms with Crippen molar-refractivity contribution in [3.05, 3.63) is 35.2 Å². The van der Waals surface area contributed by atoms with E-state index < -0.39 is 5.97 Å². The van der Waals surface area contributed by atoms with Crippen LogP contribution in [0.25, 0.3) is 11.3 Å². The number of thiazole rings is 1. The maximum Gasteiger partial charge on any atom is 0.317 e. The van der Waals surface area contributed by atoms with Gasteiger partial charge in [-0.05, 0) is 18.4 Å². The van der Waals surface area contributed by atoms with Gasteiger partial charge in [0.25, 0.3) is 0 Å². The van der Waals surface area contributed by atoms with Gasteiger partial charge in [-0.1, -0.05) is 24.3 Å². The summed E-state index contributed by atoms with van der Waals surface area (Å²) in [6.07, 6.45) is 3.46. The third-order valence-electron chi connectivity index (χ3n) is 4.21. The maximum atomic E-state index is 10.8. The van der Waals surface area contributed by atoms with Gasteiger partial charge in [-0.25, -0.2) is 4.98 Å². The van der Waals surface area contributed by atoms with E-state index in [0.29, 0.717) is 6.04 Å². The molecular formula is C17H24Cl3N5O2S. The van der Waals surface area contributed by atoms with Crippen LogP contribution in [-0.2, 0) is 4.79 Å². The van der Waals surface area contributed by atoms with Crippen molar-refractivity contribution in [1.29, 1.82) is 0 Å². The number of carboxylic acid groups (broad SMARTS) is 1. The summed E-state index contributed by atoms with van der Waals surface area (Å²) in [5.74, 6) is 4.39. The molecule has 0 atom stereocenters. The van der Waals surface area contributed by atoms with Crippen molar-refractivity contribution in [2.24, 2.45) is 10.9 Å². The average molecular weight is 469 g/mol. The highest BCUT2D eigenvalue weighted by atomic mass is 35.5. The lowest BCUT2D eigenvalue weighted by Crippen LogP contribution is -2.41. The standard InChI is InChI=1S/C17H21N5O2S.3ClH/c18-19-9-12-1-3-13(4-2-12)15-11-25-17(21-15)20-14-5-7-22(8-6-14)10-16(23)24;;;/h1-4,9,11,14H,5-8,10,18H2,(H,20,21)(H,23,24);3*1H. The smallest absolute Gasteiger partial charge is 0.317 e. The number of piperidine rings is 1. The average Bonchev–Trinajstić information content (AvgIpc) is 3.06. The van der Waals surface area contributed by atoms with Crippen LogP contribution in [0.2, 0.25) is 0 Å². The van der Waals surface area contributed by atoms with E-state index in [0.717, 1.165) is 47.9 Å². The van der Waals surface area contributed by atoms with Crippen molar-refractivity contribution in [3.8, 4) is 11.3 Å². The lowest BCUT2D eigenvalue weighted by molar-refractivity contribution is -0.138. The second kappa shape index (κ2) is 12.8. The summed E-state index contributed by atoms with van der Waals surface area (Å²) in [7, 11) is 0. The molecule has 0 saturated carbocycles. The highest BCUT2D eigenvalue weighted by molar-refractivity contribution is 7.14. The Morgan fingerprint density at radius 3 is 2.50 bits per heavy atom. The molecule has 0 amide bonds. The van der Waals surface area contributed by atoms with Gasteiger partial charge in [0.2, 0.25) is 0 Å². The summed E-state index contributed by atoms with van der Waals surface area (Å²) in [5, 5.41) is 18.8. The predicted octanol–water partition coefficient (Wildman–Crippen LogP) is 3.33. The molecule has 0 unspecified atom stereocenters. The van der Waals surface area contributed by atoms with E-state index in [9.17, 15) is 4.79 Å². The number of nitrogens with zero attached hydrogens (tertiary/aromatic N) is 3. The van der Waals surface area contributed by atoms with Crippen molar-refractivity contribution in [3.63, 3.8) is 0 Å². The van der Waals surface area contributed by atoms with Gasteiger partial charge in [-0.15, -0.1) is 48.6 Å². The molecule has 1 fully saturated rings. The van der Waals surface area contributed by atoms with E-state index in [1.54, 1.807) is 17.6 Å². The highest BCUT2D eigenvalue weighted by Crippen LogP contribution is 2.26. The van der Waals surface area contributed by atoms with E-state index in [-0.39, 0.29) is 43.8 Å². The summed E-state index contributed by atoms with van der Waals surface area (Å²) in [6, 6.07) is 8.25. The molecule has 1 saturated heterocycles. The number of halogens is 3. The number of aromatic nitrogens is 1. The molecule has 156 valence electrons. The third-order valence-corrected chi connectivity index (χ3v) is 4.98. The van der Waals surface area contributed by atoms with Gasteiger partial charge < -0.3 is 16.3 Å². The molecule has 4 N–H and O–H groups in total. The van der Waals surface area contributed by atoms with Crippen LogP contribution in [0.4, 0.5) is 5.13 Å². The summed E-state index contributed by atoms with van der Waals surface area (Å²) in [4.78, 5) is 17.4. The molecule has 0 radical (unpaired) electrons. The number of hydrogen-bond acceptors (Lipinski definition) is 7. The Balaban J connectivity index is 0.00000243. The number of nitrogens with two attached hydrogens (primary N) is 1. The fourth-order valence-electron chi connectivity index (χ4n) is 2.90. The SMILES string of the molecule is Cl.Cl.Cl.NN=Cc1ccc(-c2csc(NC3CCN(CC(=O)O)CC3)n2)cc1. The van der Waals surface area contributed by atoms with Crippen molar-refractivity contribution < 1.29 is 9.90 Å². The summed E-state index contributed by atoms with van der Waals surface area (Å²) in [6.45, 7) is 1.72. The van der Waals surface area contributed by atoms with Crippen molar-refractivity contribution >= 4 is 65.9 Å². The van der Waals surface area contributed by atoms with Crippen LogP contribution in [0.3, 0.4) is 0 Å². The number of likely N-dealkylation sites (tertiary alicyclic amines) is 1. The number of benzene rings is 1. The van der Waals surface area contributed by atoms with Gasteiger partial charge in [-0.2, -0.15) is 5.10 Å². The Morgan fingerprint density at radius 1 is 1.29 bits per heavy atom. The van der Waals surface area contributed by atoms with E-state index in [1.807, 2.05) is 34.5 Å². The lowest BCUT2D eigenvalue weighted by Gasteiger charge is -2.31. The summed E-state index contributed by atoms with van der Waals surface area (Å²) >= 11 is 1.59. The number of hydrazone groups is 1. The zero-order valence-corrected chi connectivity index (χ0v) is 18.3. The Kier molecular flexibility index (Phi) is 12.1. The Hall–Kier alpha value is -1.58. The third kappa shape index (κ3) is 7.44. The first-order valence-electron chi connectivity index (χ1n) is 8.14. The minimum atomic E-state index is -0.764. The summed E-state index contributed by atoms with van der Waals surface area (Å²) in [5.41, 5.74) is 2.94. The number of carbonyl (C=O) groups is 1. The van der Waals surface area contributed by atoms with Crippen LogP contribution in [0.15, 0.2) is 34.7 Å². The minimum absolute atomic E-state index is 0. The van der Waals surface area contributed by atoms with Crippen molar-refractivity contribution in [1.82, 2.24) is 9.88 Å². The molecule has 3 rings (SSSR count). The lowest BCUT2D eigenvalue weighted by atomic mass is 10.1. The topological polar surface area (TPSA) is 104 Å². The monoisotopic (exact) mass is 467 g/mol. The van der Waals surface area contributed by atoms with Crippen LogP contribution in [-0.4, -0.2) is 52.9 Å².